The number of aldehydes is 1. The van der Waals surface area contributed by atoms with Crippen molar-refractivity contribution in [1.29, 1.82) is 0 Å². The Hall–Kier alpha value is -2.04. The Kier molecular flexibility index (Phi) is 4.51. The highest BCUT2D eigenvalue weighted by molar-refractivity contribution is 5.77. The third-order valence-corrected chi connectivity index (χ3v) is 2.16. The summed E-state index contributed by atoms with van der Waals surface area (Å²) in [6, 6.07) is 4.68. The fourth-order valence-electron chi connectivity index (χ4n) is 1.26. The minimum atomic E-state index is -0.740. The second-order valence-electron chi connectivity index (χ2n) is 3.31. The summed E-state index contributed by atoms with van der Waals surface area (Å²) in [6.07, 6.45) is -0.0354. The van der Waals surface area contributed by atoms with Gasteiger partial charge in [-0.25, -0.2) is 4.79 Å². The van der Waals surface area contributed by atoms with Gasteiger partial charge in [0.15, 0.2) is 17.6 Å². The standard InChI is InChI=1S/C12H14O5/c1-8(12(14)16-3)17-10-5-4-9(7-13)6-11(10)15-2/h4-8H,1-3H3. The van der Waals surface area contributed by atoms with Crippen LogP contribution in [0.3, 0.4) is 0 Å². The average molecular weight is 238 g/mol. The van der Waals surface area contributed by atoms with Gasteiger partial charge in [-0.05, 0) is 25.1 Å². The van der Waals surface area contributed by atoms with E-state index in [2.05, 4.69) is 4.74 Å². The molecule has 0 aliphatic carbocycles. The van der Waals surface area contributed by atoms with Gasteiger partial charge in [0.2, 0.25) is 0 Å². The number of hydrogen-bond acceptors (Lipinski definition) is 5. The molecule has 0 N–H and O–H groups in total. The normalized spacial score (nSPS) is 11.5. The molecule has 5 heteroatoms. The minimum absolute atomic E-state index is 0.385. The van der Waals surface area contributed by atoms with E-state index in [-0.39, 0.29) is 0 Å². The summed E-state index contributed by atoms with van der Waals surface area (Å²) in [5.74, 6) is 0.299. The molecule has 17 heavy (non-hydrogen) atoms. The highest BCUT2D eigenvalue weighted by Gasteiger charge is 2.17. The van der Waals surface area contributed by atoms with E-state index in [9.17, 15) is 9.59 Å². The fourth-order valence-corrected chi connectivity index (χ4v) is 1.26. The summed E-state index contributed by atoms with van der Waals surface area (Å²) in [4.78, 5) is 21.8. The Bertz CT molecular complexity index is 413. The zero-order valence-electron chi connectivity index (χ0n) is 9.93. The lowest BCUT2D eigenvalue weighted by atomic mass is 10.2. The van der Waals surface area contributed by atoms with Gasteiger partial charge < -0.3 is 14.2 Å². The molecule has 0 radical (unpaired) electrons. The summed E-state index contributed by atoms with van der Waals surface area (Å²) < 4.78 is 15.0. The summed E-state index contributed by atoms with van der Waals surface area (Å²) in [5.41, 5.74) is 0.472. The number of carbonyl (C=O) groups excluding carboxylic acids is 2. The fraction of sp³-hybridized carbons (Fsp3) is 0.333. The van der Waals surface area contributed by atoms with Crippen molar-refractivity contribution >= 4 is 12.3 Å². The highest BCUT2D eigenvalue weighted by Crippen LogP contribution is 2.28. The number of esters is 1. The Morgan fingerprint density at radius 3 is 2.53 bits per heavy atom. The molecule has 0 fully saturated rings. The molecule has 5 nitrogen and oxygen atoms in total. The van der Waals surface area contributed by atoms with Crippen LogP contribution in [0.4, 0.5) is 0 Å². The van der Waals surface area contributed by atoms with Crippen molar-refractivity contribution < 1.29 is 23.8 Å². The molecule has 1 atom stereocenters. The SMILES string of the molecule is COC(=O)C(C)Oc1ccc(C=O)cc1OC. The average Bonchev–Trinajstić information content (AvgIpc) is 2.37. The van der Waals surface area contributed by atoms with E-state index in [0.29, 0.717) is 23.3 Å². The van der Waals surface area contributed by atoms with Crippen molar-refractivity contribution in [3.8, 4) is 11.5 Å². The summed E-state index contributed by atoms with van der Waals surface area (Å²) in [5, 5.41) is 0. The van der Waals surface area contributed by atoms with Gasteiger partial charge in [-0.1, -0.05) is 0 Å². The first-order chi connectivity index (χ1) is 8.12. The van der Waals surface area contributed by atoms with Crippen LogP contribution in [0.5, 0.6) is 11.5 Å². The van der Waals surface area contributed by atoms with Gasteiger partial charge in [-0.3, -0.25) is 4.79 Å². The molecule has 0 aliphatic heterocycles. The number of hydrogen-bond donors (Lipinski definition) is 0. The molecule has 0 saturated heterocycles. The van der Waals surface area contributed by atoms with Crippen LogP contribution in [0.2, 0.25) is 0 Å². The molecule has 0 saturated carbocycles. The van der Waals surface area contributed by atoms with Crippen molar-refractivity contribution in [1.82, 2.24) is 0 Å². The number of ether oxygens (including phenoxy) is 3. The predicted molar refractivity (Wildman–Crippen MR) is 60.5 cm³/mol. The zero-order valence-corrected chi connectivity index (χ0v) is 9.93. The van der Waals surface area contributed by atoms with E-state index in [1.807, 2.05) is 0 Å². The molecule has 0 amide bonds. The van der Waals surface area contributed by atoms with E-state index in [0.717, 1.165) is 0 Å². The molecule has 1 aromatic carbocycles. The van der Waals surface area contributed by atoms with E-state index in [1.165, 1.54) is 20.3 Å². The lowest BCUT2D eigenvalue weighted by Crippen LogP contribution is -2.25. The van der Waals surface area contributed by atoms with Crippen LogP contribution in [-0.4, -0.2) is 32.6 Å². The Morgan fingerprint density at radius 1 is 1.29 bits per heavy atom. The van der Waals surface area contributed by atoms with Crippen molar-refractivity contribution in [2.75, 3.05) is 14.2 Å². The van der Waals surface area contributed by atoms with Crippen molar-refractivity contribution in [3.63, 3.8) is 0 Å². The number of rotatable bonds is 5. The first-order valence-electron chi connectivity index (χ1n) is 5.00. The maximum atomic E-state index is 11.2. The predicted octanol–water partition coefficient (Wildman–Crippen LogP) is 1.45. The van der Waals surface area contributed by atoms with E-state index in [4.69, 9.17) is 9.47 Å². The Morgan fingerprint density at radius 2 is 2.00 bits per heavy atom. The molecular formula is C12H14O5. The van der Waals surface area contributed by atoms with Gasteiger partial charge >= 0.3 is 5.97 Å². The minimum Gasteiger partial charge on any atom is -0.493 e. The summed E-state index contributed by atoms with van der Waals surface area (Å²) in [6.45, 7) is 1.57. The van der Waals surface area contributed by atoms with Crippen LogP contribution in [-0.2, 0) is 9.53 Å². The van der Waals surface area contributed by atoms with Crippen LogP contribution < -0.4 is 9.47 Å². The number of carbonyl (C=O) groups is 2. The topological polar surface area (TPSA) is 61.8 Å². The molecule has 0 aliphatic rings. The van der Waals surface area contributed by atoms with Gasteiger partial charge in [0, 0.05) is 5.56 Å². The van der Waals surface area contributed by atoms with Gasteiger partial charge in [-0.15, -0.1) is 0 Å². The second-order valence-corrected chi connectivity index (χ2v) is 3.31. The van der Waals surface area contributed by atoms with E-state index >= 15 is 0 Å². The van der Waals surface area contributed by atoms with Gasteiger partial charge in [0.1, 0.15) is 6.29 Å². The Labute approximate surface area is 99.3 Å². The molecule has 1 rings (SSSR count). The molecule has 1 unspecified atom stereocenters. The molecule has 1 aromatic rings. The van der Waals surface area contributed by atoms with E-state index in [1.54, 1.807) is 19.1 Å². The third kappa shape index (κ3) is 3.21. The number of benzene rings is 1. The van der Waals surface area contributed by atoms with Crippen LogP contribution in [0, 0.1) is 0 Å². The van der Waals surface area contributed by atoms with Crippen LogP contribution in [0.25, 0.3) is 0 Å². The Balaban J connectivity index is 2.90. The first-order valence-corrected chi connectivity index (χ1v) is 5.00. The molecule has 0 heterocycles. The van der Waals surface area contributed by atoms with Crippen molar-refractivity contribution in [2.45, 2.75) is 13.0 Å². The van der Waals surface area contributed by atoms with Crippen LogP contribution in [0.15, 0.2) is 18.2 Å². The van der Waals surface area contributed by atoms with Crippen LogP contribution in [0.1, 0.15) is 17.3 Å². The molecule has 92 valence electrons. The maximum Gasteiger partial charge on any atom is 0.346 e. The van der Waals surface area contributed by atoms with Gasteiger partial charge in [-0.2, -0.15) is 0 Å². The molecule has 0 spiro atoms. The van der Waals surface area contributed by atoms with Crippen molar-refractivity contribution in [3.05, 3.63) is 23.8 Å². The quantitative estimate of drug-likeness (QED) is 0.574. The second kappa shape index (κ2) is 5.89. The number of methoxy groups -OCH3 is 2. The van der Waals surface area contributed by atoms with Gasteiger partial charge in [0.25, 0.3) is 0 Å². The third-order valence-electron chi connectivity index (χ3n) is 2.16. The van der Waals surface area contributed by atoms with Gasteiger partial charge in [0.05, 0.1) is 14.2 Å². The maximum absolute atomic E-state index is 11.2. The zero-order chi connectivity index (χ0) is 12.8. The largest absolute Gasteiger partial charge is 0.493 e. The summed E-state index contributed by atoms with van der Waals surface area (Å²) in [7, 11) is 2.74. The smallest absolute Gasteiger partial charge is 0.346 e. The highest BCUT2D eigenvalue weighted by atomic mass is 16.6. The van der Waals surface area contributed by atoms with E-state index < -0.39 is 12.1 Å². The molecular weight excluding hydrogens is 224 g/mol. The lowest BCUT2D eigenvalue weighted by Gasteiger charge is -2.15. The first kappa shape index (κ1) is 13.0. The monoisotopic (exact) mass is 238 g/mol. The summed E-state index contributed by atoms with van der Waals surface area (Å²) >= 11 is 0. The molecule has 0 aromatic heterocycles. The molecule has 0 bridgehead atoms. The lowest BCUT2D eigenvalue weighted by molar-refractivity contribution is -0.147. The van der Waals surface area contributed by atoms with Crippen LogP contribution >= 0.6 is 0 Å². The van der Waals surface area contributed by atoms with Crippen molar-refractivity contribution in [2.24, 2.45) is 0 Å².